The van der Waals surface area contributed by atoms with Gasteiger partial charge in [-0.2, -0.15) is 0 Å². The lowest BCUT2D eigenvalue weighted by molar-refractivity contribution is -0.0142. The smallest absolute Gasteiger partial charge is 0.0897 e. The molecule has 1 rings (SSSR count). The minimum atomic E-state index is -0.402. The van der Waals surface area contributed by atoms with E-state index in [1.54, 1.807) is 7.11 Å². The quantitative estimate of drug-likeness (QED) is 0.542. The van der Waals surface area contributed by atoms with Gasteiger partial charge in [-0.05, 0) is 0 Å². The van der Waals surface area contributed by atoms with E-state index < -0.39 is 6.10 Å². The molecule has 0 aromatic rings. The maximum atomic E-state index is 9.19. The van der Waals surface area contributed by atoms with Crippen LogP contribution in [-0.2, 0) is 9.47 Å². The third kappa shape index (κ3) is 3.16. The van der Waals surface area contributed by atoms with Crippen molar-refractivity contribution in [2.45, 2.75) is 12.1 Å². The first-order valence-corrected chi connectivity index (χ1v) is 3.81. The van der Waals surface area contributed by atoms with Gasteiger partial charge in [0.25, 0.3) is 0 Å². The van der Waals surface area contributed by atoms with E-state index in [0.717, 1.165) is 13.2 Å². The van der Waals surface area contributed by atoms with Crippen molar-refractivity contribution >= 4 is 0 Å². The molecule has 0 amide bonds. The van der Waals surface area contributed by atoms with Gasteiger partial charge in [0.15, 0.2) is 0 Å². The zero-order valence-corrected chi connectivity index (χ0v) is 6.75. The van der Waals surface area contributed by atoms with Crippen molar-refractivity contribution in [3.05, 3.63) is 0 Å². The fourth-order valence-electron chi connectivity index (χ4n) is 0.908. The third-order valence-electron chi connectivity index (χ3n) is 1.64. The number of aliphatic hydroxyl groups excluding tert-OH is 1. The van der Waals surface area contributed by atoms with Crippen LogP contribution < -0.4 is 5.32 Å². The highest BCUT2D eigenvalue weighted by molar-refractivity contribution is 4.74. The summed E-state index contributed by atoms with van der Waals surface area (Å²) in [7, 11) is 1.58. The van der Waals surface area contributed by atoms with Crippen LogP contribution in [0.4, 0.5) is 0 Å². The van der Waals surface area contributed by atoms with Crippen molar-refractivity contribution in [1.29, 1.82) is 0 Å². The lowest BCUT2D eigenvalue weighted by atomic mass is 10.2. The molecule has 1 unspecified atom stereocenters. The summed E-state index contributed by atoms with van der Waals surface area (Å²) in [6.07, 6.45) is -0.402. The molecule has 1 aliphatic rings. The predicted molar refractivity (Wildman–Crippen MR) is 40.5 cm³/mol. The highest BCUT2D eigenvalue weighted by Gasteiger charge is 2.18. The van der Waals surface area contributed by atoms with Gasteiger partial charge < -0.3 is 19.9 Å². The van der Waals surface area contributed by atoms with Crippen molar-refractivity contribution < 1.29 is 14.6 Å². The Balaban J connectivity index is 1.92. The Morgan fingerprint density at radius 1 is 1.73 bits per heavy atom. The van der Waals surface area contributed by atoms with Gasteiger partial charge in [0, 0.05) is 13.7 Å². The molecule has 0 aromatic heterocycles. The first-order chi connectivity index (χ1) is 5.33. The lowest BCUT2D eigenvalue weighted by Gasteiger charge is -2.27. The largest absolute Gasteiger partial charge is 0.389 e. The summed E-state index contributed by atoms with van der Waals surface area (Å²) in [6.45, 7) is 2.50. The first-order valence-electron chi connectivity index (χ1n) is 3.81. The van der Waals surface area contributed by atoms with Crippen LogP contribution in [-0.4, -0.2) is 50.7 Å². The summed E-state index contributed by atoms with van der Waals surface area (Å²) in [5.74, 6) is 0. The van der Waals surface area contributed by atoms with E-state index in [-0.39, 0.29) is 0 Å². The van der Waals surface area contributed by atoms with Gasteiger partial charge in [-0.1, -0.05) is 0 Å². The molecule has 1 saturated heterocycles. The molecule has 1 heterocycles. The number of ether oxygens (including phenoxy) is 2. The number of hydrogen-bond acceptors (Lipinski definition) is 4. The minimum Gasteiger partial charge on any atom is -0.389 e. The number of rotatable bonds is 5. The molecule has 0 saturated carbocycles. The Bertz CT molecular complexity index is 106. The normalized spacial score (nSPS) is 21.3. The monoisotopic (exact) mass is 161 g/mol. The highest BCUT2D eigenvalue weighted by atomic mass is 16.5. The molecule has 0 aromatic carbocycles. The zero-order valence-electron chi connectivity index (χ0n) is 6.75. The zero-order chi connectivity index (χ0) is 8.10. The van der Waals surface area contributed by atoms with Crippen LogP contribution in [0.3, 0.4) is 0 Å². The van der Waals surface area contributed by atoms with Crippen molar-refractivity contribution in [2.24, 2.45) is 0 Å². The Kier molecular flexibility index (Phi) is 3.79. The fourth-order valence-corrected chi connectivity index (χ4v) is 0.908. The van der Waals surface area contributed by atoms with Crippen molar-refractivity contribution in [3.63, 3.8) is 0 Å². The minimum absolute atomic E-state index is 0.389. The van der Waals surface area contributed by atoms with Gasteiger partial charge in [0.2, 0.25) is 0 Å². The average Bonchev–Trinajstić information content (AvgIpc) is 1.85. The summed E-state index contributed by atoms with van der Waals surface area (Å²) < 4.78 is 9.72. The molecular formula is C7H15NO3. The molecule has 4 heteroatoms. The van der Waals surface area contributed by atoms with Crippen LogP contribution in [0, 0.1) is 0 Å². The van der Waals surface area contributed by atoms with Crippen LogP contribution in [0.1, 0.15) is 0 Å². The molecule has 1 aliphatic heterocycles. The van der Waals surface area contributed by atoms with Crippen LogP contribution in [0.2, 0.25) is 0 Å². The number of hydrogen-bond donors (Lipinski definition) is 2. The second-order valence-corrected chi connectivity index (χ2v) is 2.75. The van der Waals surface area contributed by atoms with Gasteiger partial charge in [0.05, 0.1) is 32.0 Å². The van der Waals surface area contributed by atoms with Gasteiger partial charge in [-0.25, -0.2) is 0 Å². The van der Waals surface area contributed by atoms with E-state index in [4.69, 9.17) is 9.47 Å². The molecule has 1 fully saturated rings. The van der Waals surface area contributed by atoms with Crippen LogP contribution in [0.25, 0.3) is 0 Å². The van der Waals surface area contributed by atoms with Crippen LogP contribution in [0.5, 0.6) is 0 Å². The second kappa shape index (κ2) is 4.66. The maximum Gasteiger partial charge on any atom is 0.0897 e. The standard InChI is InChI=1S/C7H15NO3/c1-10-5-7(9)2-8-6-3-11-4-6/h6-9H,2-5H2,1H3. The topological polar surface area (TPSA) is 50.7 Å². The third-order valence-corrected chi connectivity index (χ3v) is 1.64. The lowest BCUT2D eigenvalue weighted by Crippen LogP contribution is -2.48. The molecule has 1 atom stereocenters. The van der Waals surface area contributed by atoms with E-state index >= 15 is 0 Å². The summed E-state index contributed by atoms with van der Waals surface area (Å²) in [4.78, 5) is 0. The van der Waals surface area contributed by atoms with E-state index in [9.17, 15) is 5.11 Å². The molecule has 0 aliphatic carbocycles. The van der Waals surface area contributed by atoms with Gasteiger partial charge >= 0.3 is 0 Å². The Labute approximate surface area is 66.5 Å². The Morgan fingerprint density at radius 3 is 2.91 bits per heavy atom. The number of aliphatic hydroxyl groups is 1. The predicted octanol–water partition coefficient (Wildman–Crippen LogP) is -1.02. The van der Waals surface area contributed by atoms with Gasteiger partial charge in [-0.3, -0.25) is 0 Å². The summed E-state index contributed by atoms with van der Waals surface area (Å²) in [6, 6.07) is 0.432. The molecule has 2 N–H and O–H groups in total. The first kappa shape index (κ1) is 8.93. The summed E-state index contributed by atoms with van der Waals surface area (Å²) >= 11 is 0. The fraction of sp³-hybridized carbons (Fsp3) is 1.00. The maximum absolute atomic E-state index is 9.19. The van der Waals surface area contributed by atoms with Crippen molar-refractivity contribution in [2.75, 3.05) is 33.5 Å². The van der Waals surface area contributed by atoms with Crippen molar-refractivity contribution in [3.8, 4) is 0 Å². The molecule has 66 valence electrons. The Morgan fingerprint density at radius 2 is 2.45 bits per heavy atom. The Hall–Kier alpha value is -0.160. The second-order valence-electron chi connectivity index (χ2n) is 2.75. The molecule has 0 radical (unpaired) electrons. The highest BCUT2D eigenvalue weighted by Crippen LogP contribution is 1.98. The summed E-state index contributed by atoms with van der Waals surface area (Å²) in [5.41, 5.74) is 0. The average molecular weight is 161 g/mol. The number of methoxy groups -OCH3 is 1. The molecule has 0 spiro atoms. The molecule has 0 bridgehead atoms. The van der Waals surface area contributed by atoms with Crippen LogP contribution >= 0.6 is 0 Å². The van der Waals surface area contributed by atoms with Crippen LogP contribution in [0.15, 0.2) is 0 Å². The van der Waals surface area contributed by atoms with Crippen molar-refractivity contribution in [1.82, 2.24) is 5.32 Å². The van der Waals surface area contributed by atoms with E-state index in [0.29, 0.717) is 19.2 Å². The number of nitrogens with one attached hydrogen (secondary N) is 1. The van der Waals surface area contributed by atoms with E-state index in [1.807, 2.05) is 0 Å². The summed E-state index contributed by atoms with van der Waals surface area (Å²) in [5, 5.41) is 12.3. The van der Waals surface area contributed by atoms with E-state index in [1.165, 1.54) is 0 Å². The van der Waals surface area contributed by atoms with E-state index in [2.05, 4.69) is 5.32 Å². The molecular weight excluding hydrogens is 146 g/mol. The van der Waals surface area contributed by atoms with Gasteiger partial charge in [-0.15, -0.1) is 0 Å². The molecule has 4 nitrogen and oxygen atoms in total. The molecule has 11 heavy (non-hydrogen) atoms. The SMILES string of the molecule is COCC(O)CNC1COC1. The van der Waals surface area contributed by atoms with Gasteiger partial charge in [0.1, 0.15) is 0 Å².